The molecular formula is C32H34F6OS. The number of aryl methyl sites for hydroxylation is 1. The summed E-state index contributed by atoms with van der Waals surface area (Å²) in [5.74, 6) is -5.84. The van der Waals surface area contributed by atoms with Crippen LogP contribution in [-0.2, 0) is 6.42 Å². The number of fused-ring (bicyclic) bond motifs is 1. The first-order chi connectivity index (χ1) is 19.2. The molecule has 0 radical (unpaired) electrons. The van der Waals surface area contributed by atoms with E-state index in [1.54, 1.807) is 11.3 Å². The lowest BCUT2D eigenvalue weighted by molar-refractivity contribution is -0.224. The SMILES string of the molecule is C/C=C/CCc1cc2ccc(C3CCC(C4CCC(C(F)(F)Oc5cc(F)c(F)c(F)c5)CC4)CC3)c(F)c2s1. The number of hydrogen-bond acceptors (Lipinski definition) is 2. The van der Waals surface area contributed by atoms with Crippen molar-refractivity contribution in [2.75, 3.05) is 0 Å². The van der Waals surface area contributed by atoms with Gasteiger partial charge >= 0.3 is 6.11 Å². The molecule has 0 N–H and O–H groups in total. The van der Waals surface area contributed by atoms with Crippen molar-refractivity contribution in [3.8, 4) is 5.75 Å². The molecule has 0 atom stereocenters. The summed E-state index contributed by atoms with van der Waals surface area (Å²) in [5.41, 5.74) is 0.793. The van der Waals surface area contributed by atoms with Gasteiger partial charge in [-0.3, -0.25) is 0 Å². The van der Waals surface area contributed by atoms with Crippen molar-refractivity contribution in [1.82, 2.24) is 0 Å². The molecule has 3 aromatic rings. The number of benzene rings is 2. The number of allylic oxidation sites excluding steroid dienone is 2. The van der Waals surface area contributed by atoms with Crippen molar-refractivity contribution in [3.63, 3.8) is 0 Å². The van der Waals surface area contributed by atoms with Gasteiger partial charge in [0.15, 0.2) is 17.5 Å². The average molecular weight is 581 g/mol. The van der Waals surface area contributed by atoms with Crippen LogP contribution in [0.15, 0.2) is 42.5 Å². The molecule has 1 nitrogen and oxygen atoms in total. The fraction of sp³-hybridized carbons (Fsp3) is 0.500. The van der Waals surface area contributed by atoms with Crippen LogP contribution in [0, 0.1) is 41.0 Å². The van der Waals surface area contributed by atoms with Crippen LogP contribution in [0.1, 0.15) is 81.1 Å². The fourth-order valence-electron chi connectivity index (χ4n) is 6.63. The molecular weight excluding hydrogens is 546 g/mol. The first kappa shape index (κ1) is 29.0. The Balaban J connectivity index is 1.15. The Hall–Kier alpha value is -2.48. The molecule has 0 unspecified atom stereocenters. The second kappa shape index (κ2) is 12.2. The van der Waals surface area contributed by atoms with Gasteiger partial charge in [-0.1, -0.05) is 24.3 Å². The molecule has 2 saturated carbocycles. The highest BCUT2D eigenvalue weighted by molar-refractivity contribution is 7.19. The first-order valence-corrected chi connectivity index (χ1v) is 15.0. The molecule has 0 amide bonds. The van der Waals surface area contributed by atoms with E-state index in [0.717, 1.165) is 54.2 Å². The molecule has 2 aliphatic rings. The summed E-state index contributed by atoms with van der Waals surface area (Å²) in [7, 11) is 0. The predicted molar refractivity (Wildman–Crippen MR) is 147 cm³/mol. The Morgan fingerprint density at radius 3 is 2.10 bits per heavy atom. The van der Waals surface area contributed by atoms with E-state index in [1.165, 1.54) is 4.88 Å². The summed E-state index contributed by atoms with van der Waals surface area (Å²) in [4.78, 5) is 1.19. The van der Waals surface area contributed by atoms with Gasteiger partial charge in [0, 0.05) is 17.0 Å². The zero-order chi connectivity index (χ0) is 28.4. The fourth-order valence-corrected chi connectivity index (χ4v) is 7.75. The van der Waals surface area contributed by atoms with Crippen LogP contribution in [0.5, 0.6) is 5.75 Å². The van der Waals surface area contributed by atoms with Gasteiger partial charge < -0.3 is 4.74 Å². The molecule has 1 heterocycles. The van der Waals surface area contributed by atoms with Crippen molar-refractivity contribution in [2.45, 2.75) is 83.2 Å². The van der Waals surface area contributed by atoms with Crippen molar-refractivity contribution < 1.29 is 31.1 Å². The second-order valence-corrected chi connectivity index (χ2v) is 12.4. The van der Waals surface area contributed by atoms with Gasteiger partial charge in [-0.15, -0.1) is 11.3 Å². The van der Waals surface area contributed by atoms with E-state index in [4.69, 9.17) is 0 Å². The van der Waals surface area contributed by atoms with E-state index in [1.807, 2.05) is 25.1 Å². The van der Waals surface area contributed by atoms with Crippen molar-refractivity contribution in [1.29, 1.82) is 0 Å². The third kappa shape index (κ3) is 6.22. The summed E-state index contributed by atoms with van der Waals surface area (Å²) in [6.45, 7) is 2.00. The lowest BCUT2D eigenvalue weighted by Crippen LogP contribution is -2.38. The third-order valence-electron chi connectivity index (χ3n) is 8.84. The van der Waals surface area contributed by atoms with E-state index in [-0.39, 0.29) is 24.6 Å². The third-order valence-corrected chi connectivity index (χ3v) is 10.0. The molecule has 5 rings (SSSR count). The molecule has 40 heavy (non-hydrogen) atoms. The first-order valence-electron chi connectivity index (χ1n) is 14.2. The highest BCUT2D eigenvalue weighted by Crippen LogP contribution is 2.48. The van der Waals surface area contributed by atoms with Crippen LogP contribution in [0.25, 0.3) is 10.1 Å². The topological polar surface area (TPSA) is 9.23 Å². The van der Waals surface area contributed by atoms with Gasteiger partial charge in [0.25, 0.3) is 0 Å². The lowest BCUT2D eigenvalue weighted by atomic mass is 9.68. The number of ether oxygens (including phenoxy) is 1. The van der Waals surface area contributed by atoms with Gasteiger partial charge in [0.05, 0.1) is 10.6 Å². The number of alkyl halides is 2. The molecule has 0 spiro atoms. The largest absolute Gasteiger partial charge is 0.432 e. The summed E-state index contributed by atoms with van der Waals surface area (Å²) >= 11 is 1.55. The molecule has 216 valence electrons. The van der Waals surface area contributed by atoms with Crippen LogP contribution in [0.3, 0.4) is 0 Å². The molecule has 2 aromatic carbocycles. The minimum Gasteiger partial charge on any atom is -0.432 e. The van der Waals surface area contributed by atoms with Crippen LogP contribution < -0.4 is 4.74 Å². The molecule has 1 aromatic heterocycles. The van der Waals surface area contributed by atoms with Gasteiger partial charge in [-0.2, -0.15) is 8.78 Å². The van der Waals surface area contributed by atoms with Crippen LogP contribution in [-0.4, -0.2) is 6.11 Å². The monoisotopic (exact) mass is 580 g/mol. The lowest BCUT2D eigenvalue weighted by Gasteiger charge is -2.39. The van der Waals surface area contributed by atoms with Gasteiger partial charge in [-0.05, 0) is 106 Å². The van der Waals surface area contributed by atoms with Gasteiger partial charge in [0.1, 0.15) is 11.6 Å². The van der Waals surface area contributed by atoms with Crippen LogP contribution >= 0.6 is 11.3 Å². The number of hydrogen-bond donors (Lipinski definition) is 0. The van der Waals surface area contributed by atoms with Crippen LogP contribution in [0.2, 0.25) is 0 Å². The molecule has 2 fully saturated rings. The van der Waals surface area contributed by atoms with Crippen LogP contribution in [0.4, 0.5) is 26.3 Å². The molecule has 8 heteroatoms. The maximum Gasteiger partial charge on any atom is 0.400 e. The molecule has 0 aliphatic heterocycles. The van der Waals surface area contributed by atoms with E-state index < -0.39 is 35.2 Å². The predicted octanol–water partition coefficient (Wildman–Crippen LogP) is 10.7. The Morgan fingerprint density at radius 2 is 1.48 bits per heavy atom. The highest BCUT2D eigenvalue weighted by atomic mass is 32.1. The van der Waals surface area contributed by atoms with E-state index >= 15 is 4.39 Å². The second-order valence-electron chi connectivity index (χ2n) is 11.3. The van der Waals surface area contributed by atoms with Gasteiger partial charge in [-0.25, -0.2) is 17.6 Å². The zero-order valence-electron chi connectivity index (χ0n) is 22.5. The maximum absolute atomic E-state index is 15.5. The number of halogens is 6. The normalized spacial score (nSPS) is 24.2. The van der Waals surface area contributed by atoms with E-state index in [2.05, 4.69) is 16.9 Å². The maximum atomic E-state index is 15.5. The minimum atomic E-state index is -3.61. The summed E-state index contributed by atoms with van der Waals surface area (Å²) in [6.07, 6.45) is 7.77. The molecule has 0 saturated heterocycles. The summed E-state index contributed by atoms with van der Waals surface area (Å²) in [6, 6.07) is 6.96. The Kier molecular flexibility index (Phi) is 8.83. The number of rotatable bonds is 8. The van der Waals surface area contributed by atoms with E-state index in [9.17, 15) is 22.0 Å². The van der Waals surface area contributed by atoms with Crippen molar-refractivity contribution in [3.05, 3.63) is 76.2 Å². The minimum absolute atomic E-state index is 0.0908. The standard InChI is InChI=1S/C32H34F6OS/c1-2-3-4-5-25-16-22-12-15-26(29(35)31(22)40-25)21-8-6-19(7-9-21)20-10-13-23(14-11-20)32(37,38)39-24-17-27(33)30(36)28(34)18-24/h2-3,12,15-21,23H,4-11,13-14H2,1H3/b3-2+. The number of thiophene rings is 1. The smallest absolute Gasteiger partial charge is 0.400 e. The average Bonchev–Trinajstić information content (AvgIpc) is 3.36. The van der Waals surface area contributed by atoms with Crippen molar-refractivity contribution >= 4 is 21.4 Å². The summed E-state index contributed by atoms with van der Waals surface area (Å²) < 4.78 is 90.5. The molecule has 2 aliphatic carbocycles. The Morgan fingerprint density at radius 1 is 0.850 bits per heavy atom. The van der Waals surface area contributed by atoms with Crippen molar-refractivity contribution in [2.24, 2.45) is 17.8 Å². The highest BCUT2D eigenvalue weighted by Gasteiger charge is 2.45. The zero-order valence-corrected chi connectivity index (χ0v) is 23.3. The Labute approximate surface area is 235 Å². The van der Waals surface area contributed by atoms with E-state index in [0.29, 0.717) is 36.8 Å². The Bertz CT molecular complexity index is 1330. The molecule has 0 bridgehead atoms. The van der Waals surface area contributed by atoms with Gasteiger partial charge in [0.2, 0.25) is 0 Å². The summed E-state index contributed by atoms with van der Waals surface area (Å²) in [5, 5.41) is 0.961. The quantitative estimate of drug-likeness (QED) is 0.146.